The van der Waals surface area contributed by atoms with Crippen LogP contribution in [0.3, 0.4) is 0 Å². The Morgan fingerprint density at radius 1 is 1.11 bits per heavy atom. The Kier molecular flexibility index (Phi) is 7.09. The van der Waals surface area contributed by atoms with Gasteiger partial charge < -0.3 is 10.4 Å². The van der Waals surface area contributed by atoms with Gasteiger partial charge in [-0.15, -0.1) is 0 Å². The van der Waals surface area contributed by atoms with Gasteiger partial charge in [-0.25, -0.2) is 0 Å². The predicted molar refractivity (Wildman–Crippen MR) is 76.9 cm³/mol. The van der Waals surface area contributed by atoms with Crippen LogP contribution in [0.2, 0.25) is 0 Å². The van der Waals surface area contributed by atoms with Crippen LogP contribution in [0, 0.1) is 17.3 Å². The van der Waals surface area contributed by atoms with Crippen LogP contribution >= 0.6 is 0 Å². The average Bonchev–Trinajstić information content (AvgIpc) is 2.12. The zero-order valence-corrected chi connectivity index (χ0v) is 13.1. The maximum Gasteiger partial charge on any atom is 0.316 e. The van der Waals surface area contributed by atoms with Crippen LogP contribution in [-0.2, 0) is 9.59 Å². The number of aliphatic carboxylic acids is 1. The van der Waals surface area contributed by atoms with Crippen molar-refractivity contribution in [3.05, 3.63) is 0 Å². The lowest BCUT2D eigenvalue weighted by Gasteiger charge is -2.27. The van der Waals surface area contributed by atoms with Crippen molar-refractivity contribution in [2.24, 2.45) is 17.3 Å². The number of carboxylic acids is 1. The Bertz CT molecular complexity index is 305. The highest BCUT2D eigenvalue weighted by Crippen LogP contribution is 2.26. The number of rotatable bonds is 7. The maximum atomic E-state index is 12.0. The monoisotopic (exact) mass is 271 g/mol. The molecular weight excluding hydrogens is 242 g/mol. The van der Waals surface area contributed by atoms with E-state index in [1.54, 1.807) is 20.8 Å². The van der Waals surface area contributed by atoms with Crippen molar-refractivity contribution in [2.45, 2.75) is 66.8 Å². The highest BCUT2D eigenvalue weighted by Gasteiger charge is 2.37. The van der Waals surface area contributed by atoms with Crippen molar-refractivity contribution in [1.82, 2.24) is 5.32 Å². The van der Waals surface area contributed by atoms with E-state index in [0.717, 1.165) is 19.3 Å². The molecule has 4 nitrogen and oxygen atoms in total. The second-order valence-electron chi connectivity index (χ2n) is 6.87. The summed E-state index contributed by atoms with van der Waals surface area (Å²) in [4.78, 5) is 23.3. The molecule has 0 heterocycles. The van der Waals surface area contributed by atoms with Gasteiger partial charge >= 0.3 is 5.97 Å². The van der Waals surface area contributed by atoms with Crippen molar-refractivity contribution < 1.29 is 14.7 Å². The van der Waals surface area contributed by atoms with Crippen LogP contribution in [0.4, 0.5) is 0 Å². The Balaban J connectivity index is 4.37. The van der Waals surface area contributed by atoms with Gasteiger partial charge in [-0.3, -0.25) is 9.59 Å². The van der Waals surface area contributed by atoms with E-state index >= 15 is 0 Å². The van der Waals surface area contributed by atoms with E-state index in [2.05, 4.69) is 19.2 Å². The van der Waals surface area contributed by atoms with Gasteiger partial charge in [0.2, 0.25) is 5.91 Å². The highest BCUT2D eigenvalue weighted by atomic mass is 16.4. The fourth-order valence-corrected chi connectivity index (χ4v) is 2.11. The van der Waals surface area contributed by atoms with Crippen LogP contribution in [0.5, 0.6) is 0 Å². The van der Waals surface area contributed by atoms with Crippen molar-refractivity contribution >= 4 is 11.9 Å². The minimum atomic E-state index is -1.06. The minimum Gasteiger partial charge on any atom is -0.481 e. The van der Waals surface area contributed by atoms with Gasteiger partial charge in [0.1, 0.15) is 5.92 Å². The van der Waals surface area contributed by atoms with Crippen LogP contribution < -0.4 is 5.32 Å². The van der Waals surface area contributed by atoms with Crippen LogP contribution in [-0.4, -0.2) is 23.0 Å². The molecule has 0 aliphatic carbocycles. The van der Waals surface area contributed by atoms with E-state index < -0.39 is 17.3 Å². The molecule has 0 aromatic heterocycles. The first-order valence-corrected chi connectivity index (χ1v) is 7.09. The third kappa shape index (κ3) is 7.19. The molecular formula is C15H29NO3. The topological polar surface area (TPSA) is 66.4 Å². The highest BCUT2D eigenvalue weighted by molar-refractivity contribution is 5.97. The summed E-state index contributed by atoms with van der Waals surface area (Å²) >= 11 is 0. The first-order valence-electron chi connectivity index (χ1n) is 7.09. The number of amides is 1. The standard InChI is InChI=1S/C15H29NO3/c1-10(2)8-7-9-11(3)16-13(17)12(14(18)19)15(4,5)6/h10-12H,7-9H2,1-6H3,(H,16,17)(H,18,19). The molecule has 1 amide bonds. The molecule has 0 radical (unpaired) electrons. The second kappa shape index (κ2) is 7.51. The molecule has 2 unspecified atom stereocenters. The molecule has 0 rings (SSSR count). The maximum absolute atomic E-state index is 12.0. The molecule has 0 aromatic carbocycles. The second-order valence-corrected chi connectivity index (χ2v) is 6.87. The smallest absolute Gasteiger partial charge is 0.316 e. The molecule has 0 aliphatic rings. The van der Waals surface area contributed by atoms with Gasteiger partial charge in [0.15, 0.2) is 0 Å². The molecule has 0 fully saturated rings. The van der Waals surface area contributed by atoms with Gasteiger partial charge in [-0.1, -0.05) is 47.5 Å². The summed E-state index contributed by atoms with van der Waals surface area (Å²) in [6.45, 7) is 11.6. The number of hydrogen-bond donors (Lipinski definition) is 2. The third-order valence-corrected chi connectivity index (χ3v) is 3.18. The Hall–Kier alpha value is -1.06. The minimum absolute atomic E-state index is 0.0236. The summed E-state index contributed by atoms with van der Waals surface area (Å²) in [5, 5.41) is 12.0. The van der Waals surface area contributed by atoms with Crippen LogP contribution in [0.25, 0.3) is 0 Å². The molecule has 0 saturated carbocycles. The van der Waals surface area contributed by atoms with Crippen molar-refractivity contribution in [3.63, 3.8) is 0 Å². The summed E-state index contributed by atoms with van der Waals surface area (Å²) in [5.41, 5.74) is -0.576. The van der Waals surface area contributed by atoms with Gasteiger partial charge in [-0.2, -0.15) is 0 Å². The SMILES string of the molecule is CC(C)CCCC(C)NC(=O)C(C(=O)O)C(C)(C)C. The van der Waals surface area contributed by atoms with E-state index in [9.17, 15) is 14.7 Å². The lowest BCUT2D eigenvalue weighted by molar-refractivity contribution is -0.151. The predicted octanol–water partition coefficient (Wildman–Crippen LogP) is 3.06. The summed E-state index contributed by atoms with van der Waals surface area (Å²) in [7, 11) is 0. The number of carbonyl (C=O) groups excluding carboxylic acids is 1. The number of carboxylic acid groups (broad SMARTS) is 1. The zero-order valence-electron chi connectivity index (χ0n) is 13.1. The van der Waals surface area contributed by atoms with Gasteiger partial charge in [0.05, 0.1) is 0 Å². The average molecular weight is 271 g/mol. The molecule has 2 N–H and O–H groups in total. The fraction of sp³-hybridized carbons (Fsp3) is 0.867. The quantitative estimate of drug-likeness (QED) is 0.699. The lowest BCUT2D eigenvalue weighted by Crippen LogP contribution is -2.45. The van der Waals surface area contributed by atoms with Gasteiger partial charge in [0, 0.05) is 6.04 Å². The Morgan fingerprint density at radius 2 is 1.63 bits per heavy atom. The molecule has 0 aliphatic heterocycles. The summed E-state index contributed by atoms with van der Waals surface area (Å²) in [6, 6.07) is 0.0236. The van der Waals surface area contributed by atoms with E-state index in [1.165, 1.54) is 0 Å². The van der Waals surface area contributed by atoms with E-state index in [4.69, 9.17) is 0 Å². The lowest BCUT2D eigenvalue weighted by atomic mass is 9.80. The molecule has 0 spiro atoms. The first-order chi connectivity index (χ1) is 8.55. The van der Waals surface area contributed by atoms with Crippen LogP contribution in [0.1, 0.15) is 60.8 Å². The van der Waals surface area contributed by atoms with Crippen molar-refractivity contribution in [1.29, 1.82) is 0 Å². The number of nitrogens with one attached hydrogen (secondary N) is 1. The molecule has 0 aromatic rings. The van der Waals surface area contributed by atoms with Gasteiger partial charge in [-0.05, 0) is 24.7 Å². The summed E-state index contributed by atoms with van der Waals surface area (Å²) in [6.07, 6.45) is 3.06. The molecule has 0 saturated heterocycles. The normalized spacial score (nSPS) is 15.1. The summed E-state index contributed by atoms with van der Waals surface area (Å²) in [5.74, 6) is -1.78. The third-order valence-electron chi connectivity index (χ3n) is 3.18. The van der Waals surface area contributed by atoms with Gasteiger partial charge in [0.25, 0.3) is 0 Å². The first kappa shape index (κ1) is 17.9. The molecule has 112 valence electrons. The molecule has 19 heavy (non-hydrogen) atoms. The number of hydrogen-bond acceptors (Lipinski definition) is 2. The largest absolute Gasteiger partial charge is 0.481 e. The van der Waals surface area contributed by atoms with Crippen molar-refractivity contribution in [2.75, 3.05) is 0 Å². The Morgan fingerprint density at radius 3 is 2.00 bits per heavy atom. The van der Waals surface area contributed by atoms with Crippen LogP contribution in [0.15, 0.2) is 0 Å². The Labute approximate surface area is 117 Å². The van der Waals surface area contributed by atoms with E-state index in [1.807, 2.05) is 6.92 Å². The fourth-order valence-electron chi connectivity index (χ4n) is 2.11. The zero-order chi connectivity index (χ0) is 15.2. The summed E-state index contributed by atoms with van der Waals surface area (Å²) < 4.78 is 0. The molecule has 4 heteroatoms. The van der Waals surface area contributed by atoms with E-state index in [-0.39, 0.29) is 11.9 Å². The molecule has 2 atom stereocenters. The van der Waals surface area contributed by atoms with E-state index in [0.29, 0.717) is 5.92 Å². The molecule has 0 bridgehead atoms. The number of carbonyl (C=O) groups is 2. The van der Waals surface area contributed by atoms with Crippen molar-refractivity contribution in [3.8, 4) is 0 Å².